The summed E-state index contributed by atoms with van der Waals surface area (Å²) in [6, 6.07) is -0.870. The second-order valence-electron chi connectivity index (χ2n) is 21.9. The Labute approximate surface area is 463 Å². The topological polar surface area (TPSA) is 111 Å². The van der Waals surface area contributed by atoms with Gasteiger partial charge in [0.05, 0.1) is 33.8 Å². The number of unbranched alkanes of at least 4 members (excludes halogenated alkanes) is 27. The summed E-state index contributed by atoms with van der Waals surface area (Å²) in [6.45, 7) is 6.93. The molecule has 0 heterocycles. The van der Waals surface area contributed by atoms with Gasteiger partial charge in [0.1, 0.15) is 19.3 Å². The lowest BCUT2D eigenvalue weighted by Gasteiger charge is -2.27. The third kappa shape index (κ3) is 55.7. The molecule has 0 aromatic heterocycles. The second kappa shape index (κ2) is 54.5. The Kier molecular flexibility index (Phi) is 52.5. The van der Waals surface area contributed by atoms with Gasteiger partial charge in [-0.25, -0.2) is 4.57 Å². The van der Waals surface area contributed by atoms with Crippen molar-refractivity contribution in [3.63, 3.8) is 0 Å². The summed E-state index contributed by atoms with van der Waals surface area (Å²) < 4.78 is 30.7. The first-order chi connectivity index (χ1) is 36.4. The highest BCUT2D eigenvalue weighted by Gasteiger charge is 2.30. The largest absolute Gasteiger partial charge is 0.472 e. The third-order valence-corrected chi connectivity index (χ3v) is 14.3. The number of likely N-dealkylation sites (N-methyl/N-ethyl adjacent to an activating group) is 1. The maximum absolute atomic E-state index is 13.5. The molecule has 10 heteroatoms. The molecule has 0 rings (SSSR count). The summed E-state index contributed by atoms with van der Waals surface area (Å²) >= 11 is 0. The zero-order valence-electron chi connectivity index (χ0n) is 49.5. The van der Waals surface area contributed by atoms with Gasteiger partial charge in [0.25, 0.3) is 0 Å². The highest BCUT2D eigenvalue weighted by atomic mass is 31.2. The number of rotatable bonds is 55. The highest BCUT2D eigenvalue weighted by molar-refractivity contribution is 7.47. The molecule has 0 saturated heterocycles. The lowest BCUT2D eigenvalue weighted by molar-refractivity contribution is -0.870. The number of phosphoric acid groups is 1. The van der Waals surface area contributed by atoms with Gasteiger partial charge in [0, 0.05) is 12.8 Å². The molecular formula is C65H118N2O7P+. The van der Waals surface area contributed by atoms with Crippen molar-refractivity contribution in [1.82, 2.24) is 5.32 Å². The van der Waals surface area contributed by atoms with E-state index in [0.717, 1.165) is 96.3 Å². The molecular weight excluding hydrogens is 952 g/mol. The third-order valence-electron chi connectivity index (χ3n) is 13.3. The molecule has 434 valence electrons. The van der Waals surface area contributed by atoms with E-state index in [1.807, 2.05) is 33.3 Å². The van der Waals surface area contributed by atoms with Crippen molar-refractivity contribution in [1.29, 1.82) is 0 Å². The number of quaternary nitrogens is 1. The van der Waals surface area contributed by atoms with Gasteiger partial charge < -0.3 is 19.4 Å². The van der Waals surface area contributed by atoms with Gasteiger partial charge in [0.2, 0.25) is 5.91 Å². The van der Waals surface area contributed by atoms with Crippen LogP contribution in [0.25, 0.3) is 0 Å². The zero-order chi connectivity index (χ0) is 55.0. The molecule has 0 spiro atoms. The van der Waals surface area contributed by atoms with Crippen molar-refractivity contribution in [3.05, 3.63) is 85.1 Å². The first kappa shape index (κ1) is 72.2. The SMILES string of the molecule is CCCCC/C=C\C/C=C\C/C=C\C/C=C\CCCCCC(=O)OC(/C=C/CCCCCCCCCCCCC)C(COP(=O)(O)OCC[N+](C)(C)C)NC(=O)CCCCCCCCC/C=C\C/C=C\CCCCC. The van der Waals surface area contributed by atoms with Crippen LogP contribution in [0, 0.1) is 0 Å². The van der Waals surface area contributed by atoms with Crippen LogP contribution in [0.2, 0.25) is 0 Å². The van der Waals surface area contributed by atoms with Crippen LogP contribution >= 0.6 is 7.82 Å². The minimum atomic E-state index is -4.46. The summed E-state index contributed by atoms with van der Waals surface area (Å²) in [4.78, 5) is 37.7. The first-order valence-electron chi connectivity index (χ1n) is 30.9. The van der Waals surface area contributed by atoms with E-state index < -0.39 is 20.0 Å². The molecule has 0 aliphatic heterocycles. The maximum atomic E-state index is 13.5. The Morgan fingerprint density at radius 1 is 0.467 bits per heavy atom. The van der Waals surface area contributed by atoms with Gasteiger partial charge in [-0.3, -0.25) is 18.6 Å². The predicted molar refractivity (Wildman–Crippen MR) is 323 cm³/mol. The summed E-state index contributed by atoms with van der Waals surface area (Å²) in [7, 11) is 1.46. The van der Waals surface area contributed by atoms with Crippen molar-refractivity contribution in [3.8, 4) is 0 Å². The molecule has 0 aliphatic rings. The molecule has 75 heavy (non-hydrogen) atoms. The molecule has 3 atom stereocenters. The minimum absolute atomic E-state index is 0.0299. The molecule has 0 aliphatic carbocycles. The van der Waals surface area contributed by atoms with E-state index in [4.69, 9.17) is 13.8 Å². The minimum Gasteiger partial charge on any atom is -0.456 e. The fraction of sp³-hybridized carbons (Fsp3) is 0.754. The fourth-order valence-corrected chi connectivity index (χ4v) is 9.22. The quantitative estimate of drug-likeness (QED) is 0.0205. The van der Waals surface area contributed by atoms with Crippen LogP contribution in [-0.4, -0.2) is 74.3 Å². The Balaban J connectivity index is 5.39. The van der Waals surface area contributed by atoms with E-state index in [0.29, 0.717) is 23.9 Å². The van der Waals surface area contributed by atoms with E-state index in [2.05, 4.69) is 99.0 Å². The molecule has 0 aromatic rings. The Bertz CT molecular complexity index is 1560. The van der Waals surface area contributed by atoms with E-state index in [1.165, 1.54) is 128 Å². The Morgan fingerprint density at radius 2 is 0.813 bits per heavy atom. The number of nitrogens with zero attached hydrogens (tertiary/aromatic N) is 1. The van der Waals surface area contributed by atoms with Crippen molar-refractivity contribution < 1.29 is 37.3 Å². The van der Waals surface area contributed by atoms with E-state index in [1.54, 1.807) is 0 Å². The average Bonchev–Trinajstić information content (AvgIpc) is 3.37. The second-order valence-corrected chi connectivity index (χ2v) is 23.3. The summed E-state index contributed by atoms with van der Waals surface area (Å²) in [6.07, 6.45) is 71.4. The van der Waals surface area contributed by atoms with E-state index in [-0.39, 0.29) is 31.5 Å². The number of carbonyl (C=O) groups is 2. The standard InChI is InChI=1S/C65H117N2O7P/c1-7-10-13-16-19-22-25-28-30-32-33-35-37-40-43-46-49-52-55-58-65(69)74-63(56-53-50-47-44-41-38-27-24-21-18-15-12-9-3)62(61-73-75(70,71)72-60-59-67(4,5)6)66-64(68)57-54-51-48-45-42-39-36-34-31-29-26-23-20-17-14-11-8-2/h19-20,22-23,28-31,33,35,40,43,53,56,62-63H,7-18,21,24-27,32,34,36-39,41-42,44-52,54-55,57-61H2,1-6H3,(H-,66,68,70,71)/p+1/b22-19-,23-20-,30-28-,31-29-,35-33-,43-40-,56-53+. The van der Waals surface area contributed by atoms with Crippen LogP contribution in [-0.2, 0) is 27.9 Å². The highest BCUT2D eigenvalue weighted by Crippen LogP contribution is 2.43. The molecule has 0 fully saturated rings. The number of hydrogen-bond donors (Lipinski definition) is 2. The van der Waals surface area contributed by atoms with E-state index in [9.17, 15) is 19.0 Å². The van der Waals surface area contributed by atoms with Gasteiger partial charge >= 0.3 is 13.8 Å². The van der Waals surface area contributed by atoms with Crippen LogP contribution in [0.3, 0.4) is 0 Å². The van der Waals surface area contributed by atoms with Crippen LogP contribution in [0.15, 0.2) is 85.1 Å². The van der Waals surface area contributed by atoms with Crippen LogP contribution in [0.5, 0.6) is 0 Å². The lowest BCUT2D eigenvalue weighted by atomic mass is 10.0. The van der Waals surface area contributed by atoms with Crippen LogP contribution in [0.1, 0.15) is 265 Å². The number of hydrogen-bond acceptors (Lipinski definition) is 6. The number of phosphoric ester groups is 1. The summed E-state index contributed by atoms with van der Waals surface area (Å²) in [5, 5.41) is 3.04. The molecule has 0 radical (unpaired) electrons. The molecule has 3 unspecified atom stereocenters. The molecule has 0 aromatic carbocycles. The van der Waals surface area contributed by atoms with Gasteiger partial charge in [0.15, 0.2) is 0 Å². The number of allylic oxidation sites excluding steroid dienone is 13. The van der Waals surface area contributed by atoms with Crippen molar-refractivity contribution in [2.24, 2.45) is 0 Å². The first-order valence-corrected chi connectivity index (χ1v) is 32.4. The number of ether oxygens (including phenoxy) is 1. The predicted octanol–water partition coefficient (Wildman–Crippen LogP) is 19.0. The zero-order valence-corrected chi connectivity index (χ0v) is 50.4. The molecule has 1 amide bonds. The fourth-order valence-electron chi connectivity index (χ4n) is 8.48. The van der Waals surface area contributed by atoms with Gasteiger partial charge in [-0.15, -0.1) is 0 Å². The number of amides is 1. The normalized spacial score (nSPS) is 14.3. The number of carbonyl (C=O) groups excluding carboxylic acids is 2. The van der Waals surface area contributed by atoms with Crippen molar-refractivity contribution in [2.45, 2.75) is 277 Å². The number of nitrogens with one attached hydrogen (secondary N) is 1. The number of esters is 1. The van der Waals surface area contributed by atoms with Crippen molar-refractivity contribution >= 4 is 19.7 Å². The Morgan fingerprint density at radius 3 is 1.25 bits per heavy atom. The van der Waals surface area contributed by atoms with Gasteiger partial charge in [-0.05, 0) is 109 Å². The smallest absolute Gasteiger partial charge is 0.456 e. The van der Waals surface area contributed by atoms with Gasteiger partial charge in [-0.1, -0.05) is 228 Å². The van der Waals surface area contributed by atoms with Gasteiger partial charge in [-0.2, -0.15) is 0 Å². The summed E-state index contributed by atoms with van der Waals surface area (Å²) in [5.41, 5.74) is 0. The molecule has 2 N–H and O–H groups in total. The monoisotopic (exact) mass is 1070 g/mol. The average molecular weight is 1070 g/mol. The Hall–Kier alpha value is -2.81. The molecule has 9 nitrogen and oxygen atoms in total. The van der Waals surface area contributed by atoms with Crippen LogP contribution in [0.4, 0.5) is 0 Å². The van der Waals surface area contributed by atoms with Crippen LogP contribution < -0.4 is 5.32 Å². The molecule has 0 bridgehead atoms. The van der Waals surface area contributed by atoms with Crippen molar-refractivity contribution in [2.75, 3.05) is 40.9 Å². The van der Waals surface area contributed by atoms with E-state index >= 15 is 0 Å². The maximum Gasteiger partial charge on any atom is 0.472 e. The molecule has 0 saturated carbocycles. The lowest BCUT2D eigenvalue weighted by Crippen LogP contribution is -2.47. The summed E-state index contributed by atoms with van der Waals surface area (Å²) in [5.74, 6) is -0.550.